The van der Waals surface area contributed by atoms with Gasteiger partial charge in [0.1, 0.15) is 11.6 Å². The van der Waals surface area contributed by atoms with Gasteiger partial charge in [-0.15, -0.1) is 0 Å². The van der Waals surface area contributed by atoms with Crippen LogP contribution in [-0.2, 0) is 11.2 Å². The summed E-state index contributed by atoms with van der Waals surface area (Å²) in [5.41, 5.74) is 7.99. The van der Waals surface area contributed by atoms with Gasteiger partial charge in [0.25, 0.3) is 0 Å². The van der Waals surface area contributed by atoms with Crippen LogP contribution in [0, 0.1) is 6.92 Å². The first-order valence-electron chi connectivity index (χ1n) is 6.80. The summed E-state index contributed by atoms with van der Waals surface area (Å²) in [6, 6.07) is 5.63. The fraction of sp³-hybridized carbons (Fsp3) is 0.333. The summed E-state index contributed by atoms with van der Waals surface area (Å²) in [6.45, 7) is 5.92. The lowest BCUT2D eigenvalue weighted by Gasteiger charge is -2.11. The molecule has 0 amide bonds. The van der Waals surface area contributed by atoms with Crippen molar-refractivity contribution < 1.29 is 9.53 Å². The number of nitrogens with zero attached hydrogens (tertiary/aromatic N) is 2. The summed E-state index contributed by atoms with van der Waals surface area (Å²) in [5, 5.41) is 0.551. The van der Waals surface area contributed by atoms with E-state index in [0.717, 1.165) is 5.56 Å². The fourth-order valence-electron chi connectivity index (χ4n) is 2.13. The molecule has 1 heterocycles. The topological polar surface area (TPSA) is 70.1 Å². The SMILES string of the molecule is CCOC(=O)c1nc(CC)n(-c2cc(C)ccc2Cl)c1N. The van der Waals surface area contributed by atoms with Crippen LogP contribution in [0.5, 0.6) is 0 Å². The second-order valence-electron chi connectivity index (χ2n) is 4.63. The number of anilines is 1. The van der Waals surface area contributed by atoms with Gasteiger partial charge in [-0.1, -0.05) is 24.6 Å². The van der Waals surface area contributed by atoms with Crippen LogP contribution < -0.4 is 5.73 Å². The van der Waals surface area contributed by atoms with Gasteiger partial charge in [0, 0.05) is 6.42 Å². The van der Waals surface area contributed by atoms with Crippen molar-refractivity contribution in [2.45, 2.75) is 27.2 Å². The van der Waals surface area contributed by atoms with Crippen LogP contribution >= 0.6 is 11.6 Å². The Labute approximate surface area is 128 Å². The molecule has 0 aliphatic carbocycles. The zero-order valence-corrected chi connectivity index (χ0v) is 13.1. The van der Waals surface area contributed by atoms with Crippen molar-refractivity contribution in [2.24, 2.45) is 0 Å². The molecule has 0 saturated heterocycles. The largest absolute Gasteiger partial charge is 0.461 e. The number of nitrogen functional groups attached to an aromatic ring is 1. The van der Waals surface area contributed by atoms with Crippen LogP contribution in [0.1, 0.15) is 35.7 Å². The smallest absolute Gasteiger partial charge is 0.360 e. The van der Waals surface area contributed by atoms with E-state index in [0.29, 0.717) is 23.0 Å². The first kappa shape index (κ1) is 15.4. The molecular weight excluding hydrogens is 290 g/mol. The van der Waals surface area contributed by atoms with Crippen LogP contribution in [0.4, 0.5) is 5.82 Å². The number of aromatic nitrogens is 2. The number of benzene rings is 1. The second-order valence-corrected chi connectivity index (χ2v) is 5.03. The molecule has 0 unspecified atom stereocenters. The van der Waals surface area contributed by atoms with Crippen LogP contribution in [0.15, 0.2) is 18.2 Å². The van der Waals surface area contributed by atoms with E-state index < -0.39 is 5.97 Å². The van der Waals surface area contributed by atoms with Gasteiger partial charge in [0.15, 0.2) is 5.69 Å². The second kappa shape index (κ2) is 6.18. The molecule has 6 heteroatoms. The lowest BCUT2D eigenvalue weighted by Crippen LogP contribution is -2.10. The van der Waals surface area contributed by atoms with E-state index in [9.17, 15) is 4.79 Å². The Hall–Kier alpha value is -2.01. The number of carbonyl (C=O) groups is 1. The first-order chi connectivity index (χ1) is 9.99. The van der Waals surface area contributed by atoms with Crippen molar-refractivity contribution in [1.82, 2.24) is 9.55 Å². The van der Waals surface area contributed by atoms with Gasteiger partial charge in [-0.25, -0.2) is 9.78 Å². The van der Waals surface area contributed by atoms with E-state index >= 15 is 0 Å². The van der Waals surface area contributed by atoms with E-state index in [1.54, 1.807) is 17.6 Å². The van der Waals surface area contributed by atoms with Gasteiger partial charge in [-0.3, -0.25) is 4.57 Å². The number of imidazole rings is 1. The predicted octanol–water partition coefficient (Wildman–Crippen LogP) is 3.16. The molecule has 0 aliphatic rings. The monoisotopic (exact) mass is 307 g/mol. The number of hydrogen-bond donors (Lipinski definition) is 1. The molecule has 1 aromatic carbocycles. The Kier molecular flexibility index (Phi) is 4.53. The normalized spacial score (nSPS) is 10.7. The zero-order valence-electron chi connectivity index (χ0n) is 12.3. The van der Waals surface area contributed by atoms with Crippen LogP contribution in [0.25, 0.3) is 5.69 Å². The summed E-state index contributed by atoms with van der Waals surface area (Å²) in [6.07, 6.45) is 0.619. The molecule has 2 aromatic rings. The molecule has 112 valence electrons. The third-order valence-electron chi connectivity index (χ3n) is 3.11. The Bertz CT molecular complexity index is 680. The lowest BCUT2D eigenvalue weighted by molar-refractivity contribution is 0.0521. The maximum absolute atomic E-state index is 11.9. The number of esters is 1. The minimum atomic E-state index is -0.521. The molecule has 0 bridgehead atoms. The number of rotatable bonds is 4. The van der Waals surface area contributed by atoms with E-state index in [2.05, 4.69) is 4.98 Å². The third-order valence-corrected chi connectivity index (χ3v) is 3.43. The number of nitrogens with two attached hydrogens (primary N) is 1. The Morgan fingerprint density at radius 2 is 2.14 bits per heavy atom. The number of carbonyl (C=O) groups excluding carboxylic acids is 1. The van der Waals surface area contributed by atoms with Crippen molar-refractivity contribution in [1.29, 1.82) is 0 Å². The average molecular weight is 308 g/mol. The molecule has 0 spiro atoms. The van der Waals surface area contributed by atoms with E-state index in [-0.39, 0.29) is 18.1 Å². The molecule has 0 radical (unpaired) electrons. The maximum Gasteiger partial charge on any atom is 0.360 e. The average Bonchev–Trinajstić information content (AvgIpc) is 2.78. The van der Waals surface area contributed by atoms with E-state index in [1.165, 1.54) is 0 Å². The molecule has 1 aromatic heterocycles. The molecule has 0 aliphatic heterocycles. The quantitative estimate of drug-likeness (QED) is 0.881. The molecule has 0 atom stereocenters. The van der Waals surface area contributed by atoms with Gasteiger partial charge in [-0.05, 0) is 31.5 Å². The van der Waals surface area contributed by atoms with Gasteiger partial charge in [0.05, 0.1) is 17.3 Å². The van der Waals surface area contributed by atoms with Crippen molar-refractivity contribution in [3.05, 3.63) is 40.3 Å². The number of ether oxygens (including phenoxy) is 1. The van der Waals surface area contributed by atoms with E-state index in [1.807, 2.05) is 26.0 Å². The molecule has 21 heavy (non-hydrogen) atoms. The molecular formula is C15H18ClN3O2. The van der Waals surface area contributed by atoms with Gasteiger partial charge in [0.2, 0.25) is 0 Å². The van der Waals surface area contributed by atoms with Crippen molar-refractivity contribution in [3.8, 4) is 5.69 Å². The highest BCUT2D eigenvalue weighted by Gasteiger charge is 2.22. The summed E-state index contributed by atoms with van der Waals surface area (Å²) in [7, 11) is 0. The number of halogens is 1. The molecule has 2 rings (SSSR count). The maximum atomic E-state index is 11.9. The Balaban J connectivity index is 2.63. The highest BCUT2D eigenvalue weighted by atomic mass is 35.5. The van der Waals surface area contributed by atoms with Crippen LogP contribution in [0.2, 0.25) is 5.02 Å². The van der Waals surface area contributed by atoms with Crippen molar-refractivity contribution in [2.75, 3.05) is 12.3 Å². The third kappa shape index (κ3) is 2.88. The number of aryl methyl sites for hydroxylation is 2. The highest BCUT2D eigenvalue weighted by Crippen LogP contribution is 2.28. The molecule has 2 N–H and O–H groups in total. The van der Waals surface area contributed by atoms with Crippen LogP contribution in [0.3, 0.4) is 0 Å². The molecule has 5 nitrogen and oxygen atoms in total. The minimum absolute atomic E-state index is 0.131. The summed E-state index contributed by atoms with van der Waals surface area (Å²) < 4.78 is 6.69. The fourth-order valence-corrected chi connectivity index (χ4v) is 2.33. The van der Waals surface area contributed by atoms with Crippen molar-refractivity contribution in [3.63, 3.8) is 0 Å². The lowest BCUT2D eigenvalue weighted by atomic mass is 10.2. The Morgan fingerprint density at radius 3 is 2.76 bits per heavy atom. The predicted molar refractivity (Wildman–Crippen MR) is 83.1 cm³/mol. The van der Waals surface area contributed by atoms with Crippen molar-refractivity contribution >= 4 is 23.4 Å². The number of hydrogen-bond acceptors (Lipinski definition) is 4. The van der Waals surface area contributed by atoms with Gasteiger partial charge >= 0.3 is 5.97 Å². The molecule has 0 fully saturated rings. The van der Waals surface area contributed by atoms with Crippen LogP contribution in [-0.4, -0.2) is 22.1 Å². The van der Waals surface area contributed by atoms with Gasteiger partial charge in [-0.2, -0.15) is 0 Å². The highest BCUT2D eigenvalue weighted by molar-refractivity contribution is 6.32. The van der Waals surface area contributed by atoms with E-state index in [4.69, 9.17) is 22.1 Å². The first-order valence-corrected chi connectivity index (χ1v) is 7.18. The molecule has 0 saturated carbocycles. The minimum Gasteiger partial charge on any atom is -0.461 e. The summed E-state index contributed by atoms with van der Waals surface area (Å²) in [5.74, 6) is 0.396. The Morgan fingerprint density at radius 1 is 1.43 bits per heavy atom. The zero-order chi connectivity index (χ0) is 15.6. The summed E-state index contributed by atoms with van der Waals surface area (Å²) >= 11 is 6.26. The van der Waals surface area contributed by atoms with Gasteiger partial charge < -0.3 is 10.5 Å². The summed E-state index contributed by atoms with van der Waals surface area (Å²) in [4.78, 5) is 16.2. The standard InChI is InChI=1S/C15H18ClN3O2/c1-4-12-18-13(15(20)21-5-2)14(17)19(12)11-8-9(3)6-7-10(11)16/h6-8H,4-5,17H2,1-3H3.